The highest BCUT2D eigenvalue weighted by molar-refractivity contribution is 4.81. The monoisotopic (exact) mass is 199 g/mol. The van der Waals surface area contributed by atoms with Gasteiger partial charge in [-0.05, 0) is 19.3 Å². The molecule has 1 rings (SSSR count). The van der Waals surface area contributed by atoms with E-state index in [1.54, 1.807) is 0 Å². The fourth-order valence-electron chi connectivity index (χ4n) is 1.80. The molecule has 1 fully saturated rings. The first kappa shape index (κ1) is 11.7. The molecule has 0 aromatic carbocycles. The molecule has 0 aliphatic carbocycles. The lowest BCUT2D eigenvalue weighted by molar-refractivity contribution is -0.199. The lowest BCUT2D eigenvalue weighted by Gasteiger charge is -2.26. The number of hydroxylamine groups is 2. The predicted octanol–water partition coefficient (Wildman–Crippen LogP) is 1.73. The van der Waals surface area contributed by atoms with E-state index in [4.69, 9.17) is 9.94 Å². The Kier molecular flexibility index (Phi) is 5.15. The molecule has 0 amide bonds. The molecule has 82 valence electrons. The molecule has 14 heavy (non-hydrogen) atoms. The van der Waals surface area contributed by atoms with Crippen molar-refractivity contribution in [3.05, 3.63) is 12.7 Å². The Morgan fingerprint density at radius 1 is 1.71 bits per heavy atom. The van der Waals surface area contributed by atoms with Gasteiger partial charge in [0.2, 0.25) is 0 Å². The van der Waals surface area contributed by atoms with Gasteiger partial charge in [-0.2, -0.15) is 5.06 Å². The topological polar surface area (TPSA) is 32.7 Å². The lowest BCUT2D eigenvalue weighted by atomic mass is 10.2. The van der Waals surface area contributed by atoms with E-state index in [0.29, 0.717) is 0 Å². The number of hydrogen-bond donors (Lipinski definition) is 1. The van der Waals surface area contributed by atoms with Gasteiger partial charge in [0.15, 0.2) is 0 Å². The summed E-state index contributed by atoms with van der Waals surface area (Å²) in [5.74, 6) is 0. The van der Waals surface area contributed by atoms with E-state index in [-0.39, 0.29) is 18.8 Å². The van der Waals surface area contributed by atoms with Gasteiger partial charge in [0.25, 0.3) is 0 Å². The fourth-order valence-corrected chi connectivity index (χ4v) is 1.80. The van der Waals surface area contributed by atoms with Crippen LogP contribution in [0.4, 0.5) is 0 Å². The molecule has 0 spiro atoms. The smallest absolute Gasteiger partial charge is 0.0971 e. The molecule has 2 atom stereocenters. The Hall–Kier alpha value is -0.380. The summed E-state index contributed by atoms with van der Waals surface area (Å²) >= 11 is 0. The second-order valence-electron chi connectivity index (χ2n) is 3.79. The minimum Gasteiger partial charge on any atom is -0.395 e. The Labute approximate surface area is 86.3 Å². The van der Waals surface area contributed by atoms with Crippen molar-refractivity contribution in [1.29, 1.82) is 0 Å². The summed E-state index contributed by atoms with van der Waals surface area (Å²) in [4.78, 5) is 5.76. The first-order chi connectivity index (χ1) is 6.81. The van der Waals surface area contributed by atoms with Gasteiger partial charge in [0, 0.05) is 6.54 Å². The molecular formula is C11H21NO2. The largest absolute Gasteiger partial charge is 0.395 e. The van der Waals surface area contributed by atoms with Gasteiger partial charge in [-0.25, -0.2) is 0 Å². The Balaban J connectivity index is 2.36. The highest BCUT2D eigenvalue weighted by atomic mass is 16.7. The van der Waals surface area contributed by atoms with Crippen LogP contribution in [0.25, 0.3) is 0 Å². The zero-order valence-electron chi connectivity index (χ0n) is 8.98. The van der Waals surface area contributed by atoms with E-state index in [9.17, 15) is 0 Å². The molecule has 1 aliphatic rings. The van der Waals surface area contributed by atoms with Crippen molar-refractivity contribution in [2.75, 3.05) is 13.2 Å². The van der Waals surface area contributed by atoms with Crippen molar-refractivity contribution in [1.82, 2.24) is 5.06 Å². The predicted molar refractivity (Wildman–Crippen MR) is 56.8 cm³/mol. The van der Waals surface area contributed by atoms with Crippen molar-refractivity contribution in [2.45, 2.75) is 44.8 Å². The number of aliphatic hydroxyl groups excluding tert-OH is 1. The molecule has 1 N–H and O–H groups in total. The van der Waals surface area contributed by atoms with Crippen molar-refractivity contribution >= 4 is 0 Å². The van der Waals surface area contributed by atoms with Crippen LogP contribution in [-0.4, -0.2) is 35.5 Å². The average Bonchev–Trinajstić information content (AvgIpc) is 2.64. The standard InChI is InChI=1S/C11H21NO2/c1-3-6-11(4-2)14-12-8-5-7-10(12)9-13/h4,10-11,13H,2-3,5-9H2,1H3/t10-,11?/m0/s1. The molecule has 3 heteroatoms. The molecule has 0 radical (unpaired) electrons. The van der Waals surface area contributed by atoms with Crippen LogP contribution >= 0.6 is 0 Å². The van der Waals surface area contributed by atoms with Crippen molar-refractivity contribution in [3.8, 4) is 0 Å². The number of nitrogens with zero attached hydrogens (tertiary/aromatic N) is 1. The maximum Gasteiger partial charge on any atom is 0.0971 e. The fraction of sp³-hybridized carbons (Fsp3) is 0.818. The highest BCUT2D eigenvalue weighted by Crippen LogP contribution is 2.19. The lowest BCUT2D eigenvalue weighted by Crippen LogP contribution is -2.35. The van der Waals surface area contributed by atoms with Gasteiger partial charge in [0.1, 0.15) is 0 Å². The van der Waals surface area contributed by atoms with Gasteiger partial charge >= 0.3 is 0 Å². The molecule has 0 aromatic heterocycles. The van der Waals surface area contributed by atoms with Crippen LogP contribution in [0.3, 0.4) is 0 Å². The van der Waals surface area contributed by atoms with Crippen LogP contribution in [0.15, 0.2) is 12.7 Å². The summed E-state index contributed by atoms with van der Waals surface area (Å²) in [5, 5.41) is 11.0. The SMILES string of the molecule is C=CC(CCC)ON1CCC[C@H]1CO. The van der Waals surface area contributed by atoms with Crippen molar-refractivity contribution < 1.29 is 9.94 Å². The molecule has 0 saturated carbocycles. The first-order valence-corrected chi connectivity index (χ1v) is 5.48. The summed E-state index contributed by atoms with van der Waals surface area (Å²) in [6, 6.07) is 0.189. The first-order valence-electron chi connectivity index (χ1n) is 5.48. The second kappa shape index (κ2) is 6.17. The van der Waals surface area contributed by atoms with E-state index in [2.05, 4.69) is 13.5 Å². The Bertz CT molecular complexity index is 173. The van der Waals surface area contributed by atoms with Crippen LogP contribution < -0.4 is 0 Å². The molecular weight excluding hydrogens is 178 g/mol. The van der Waals surface area contributed by atoms with Gasteiger partial charge in [-0.1, -0.05) is 19.4 Å². The van der Waals surface area contributed by atoms with Crippen molar-refractivity contribution in [2.24, 2.45) is 0 Å². The molecule has 1 heterocycles. The van der Waals surface area contributed by atoms with Crippen molar-refractivity contribution in [3.63, 3.8) is 0 Å². The van der Waals surface area contributed by atoms with E-state index < -0.39 is 0 Å². The maximum absolute atomic E-state index is 9.10. The third kappa shape index (κ3) is 3.08. The Morgan fingerprint density at radius 3 is 3.07 bits per heavy atom. The zero-order chi connectivity index (χ0) is 10.4. The molecule has 1 unspecified atom stereocenters. The molecule has 0 aromatic rings. The van der Waals surface area contributed by atoms with E-state index in [1.807, 2.05) is 11.1 Å². The van der Waals surface area contributed by atoms with Gasteiger partial charge in [-0.3, -0.25) is 4.84 Å². The van der Waals surface area contributed by atoms with Gasteiger partial charge in [-0.15, -0.1) is 6.58 Å². The normalized spacial score (nSPS) is 25.1. The third-order valence-electron chi connectivity index (χ3n) is 2.64. The summed E-state index contributed by atoms with van der Waals surface area (Å²) in [6.45, 7) is 7.01. The minimum atomic E-state index is 0.104. The molecule has 1 aliphatic heterocycles. The molecule has 0 bridgehead atoms. The summed E-state index contributed by atoms with van der Waals surface area (Å²) < 4.78 is 0. The summed E-state index contributed by atoms with van der Waals surface area (Å²) in [6.07, 6.45) is 6.18. The third-order valence-corrected chi connectivity index (χ3v) is 2.64. The number of hydrogen-bond acceptors (Lipinski definition) is 3. The van der Waals surface area contributed by atoms with E-state index in [1.165, 1.54) is 0 Å². The van der Waals surface area contributed by atoms with Gasteiger partial charge < -0.3 is 5.11 Å². The maximum atomic E-state index is 9.10. The average molecular weight is 199 g/mol. The molecule has 1 saturated heterocycles. The highest BCUT2D eigenvalue weighted by Gasteiger charge is 2.26. The van der Waals surface area contributed by atoms with Crippen LogP contribution in [0.5, 0.6) is 0 Å². The second-order valence-corrected chi connectivity index (χ2v) is 3.79. The van der Waals surface area contributed by atoms with Crippen LogP contribution in [0, 0.1) is 0 Å². The zero-order valence-corrected chi connectivity index (χ0v) is 8.98. The van der Waals surface area contributed by atoms with Crippen LogP contribution in [0.2, 0.25) is 0 Å². The number of aliphatic hydroxyl groups is 1. The van der Waals surface area contributed by atoms with E-state index in [0.717, 1.165) is 32.2 Å². The minimum absolute atomic E-state index is 0.104. The van der Waals surface area contributed by atoms with Crippen LogP contribution in [0.1, 0.15) is 32.6 Å². The van der Waals surface area contributed by atoms with Crippen LogP contribution in [-0.2, 0) is 4.84 Å². The summed E-state index contributed by atoms with van der Waals surface area (Å²) in [7, 11) is 0. The van der Waals surface area contributed by atoms with Gasteiger partial charge in [0.05, 0.1) is 18.8 Å². The number of rotatable bonds is 6. The Morgan fingerprint density at radius 2 is 2.50 bits per heavy atom. The quantitative estimate of drug-likeness (QED) is 0.661. The summed E-state index contributed by atoms with van der Waals surface area (Å²) in [5.41, 5.74) is 0. The van der Waals surface area contributed by atoms with E-state index >= 15 is 0 Å². The molecule has 3 nitrogen and oxygen atoms in total.